The van der Waals surface area contributed by atoms with Crippen molar-refractivity contribution in [3.05, 3.63) is 58.4 Å². The van der Waals surface area contributed by atoms with Crippen LogP contribution in [0.4, 0.5) is 0 Å². The lowest BCUT2D eigenvalue weighted by Gasteiger charge is -2.47. The van der Waals surface area contributed by atoms with Gasteiger partial charge in [0.05, 0.1) is 10.4 Å². The van der Waals surface area contributed by atoms with E-state index in [1.807, 2.05) is 18.2 Å². The van der Waals surface area contributed by atoms with E-state index in [2.05, 4.69) is 47.8 Å². The van der Waals surface area contributed by atoms with Crippen molar-refractivity contribution in [3.8, 4) is 5.75 Å². The first-order valence-electron chi connectivity index (χ1n) is 10.2. The number of alkyl halides is 1. The molecule has 4 nitrogen and oxygen atoms in total. The number of phenols is 1. The van der Waals surface area contributed by atoms with Crippen LogP contribution in [0.1, 0.15) is 61.8 Å². The Morgan fingerprint density at radius 1 is 1.34 bits per heavy atom. The number of nitrogens with zero attached hydrogens (tertiary/aromatic N) is 1. The monoisotopic (exact) mass is 524 g/mol. The van der Waals surface area contributed by atoms with Gasteiger partial charge >= 0.3 is 0 Å². The molecule has 0 unspecified atom stereocenters. The number of carbonyl (C=O) groups excluding carboxylic acids is 1. The summed E-state index contributed by atoms with van der Waals surface area (Å²) in [6.07, 6.45) is 4.34. The summed E-state index contributed by atoms with van der Waals surface area (Å²) in [5.41, 5.74) is 3.07. The number of hydrogen-bond acceptors (Lipinski definition) is 3. The van der Waals surface area contributed by atoms with E-state index in [-0.39, 0.29) is 35.1 Å². The molecule has 154 valence electrons. The molecule has 2 aromatic rings. The Labute approximate surface area is 190 Å². The average Bonchev–Trinajstić information content (AvgIpc) is 2.98. The van der Waals surface area contributed by atoms with Gasteiger partial charge in [0.25, 0.3) is 0 Å². The number of phenolic OH excluding ortho intramolecular Hbond substituents is 1. The van der Waals surface area contributed by atoms with Crippen LogP contribution in [0, 0.1) is 11.3 Å². The van der Waals surface area contributed by atoms with Gasteiger partial charge in [-0.15, -0.1) is 0 Å². The maximum atomic E-state index is 13.0. The van der Waals surface area contributed by atoms with Crippen LogP contribution in [0.25, 0.3) is 0 Å². The standard InChI is InChI=1S/C23H26ClIN2O2/c1-3-23-9-8-18(17-6-5-16(28)10-14(17)11-25)20(19-7-4-15(24)12-26-19)21(23)13(2)27-22(23)29/h4-7,10,12-13,18,20-21,28H,3,8-9,11H2,1-2H3,(H,27,29)/t13-,18+,20-,21+,23-/m1/s1. The molecule has 1 aliphatic carbocycles. The molecule has 29 heavy (non-hydrogen) atoms. The lowest BCUT2D eigenvalue weighted by atomic mass is 9.54. The molecule has 2 aliphatic rings. The molecule has 1 aliphatic heterocycles. The summed E-state index contributed by atoms with van der Waals surface area (Å²) in [5, 5.41) is 13.9. The van der Waals surface area contributed by atoms with Gasteiger partial charge in [-0.3, -0.25) is 9.78 Å². The zero-order valence-corrected chi connectivity index (χ0v) is 19.6. The Morgan fingerprint density at radius 2 is 2.14 bits per heavy atom. The van der Waals surface area contributed by atoms with E-state index in [1.54, 1.807) is 12.3 Å². The number of fused-ring (bicyclic) bond motifs is 1. The molecule has 2 heterocycles. The molecule has 2 fully saturated rings. The number of aromatic nitrogens is 1. The lowest BCUT2D eigenvalue weighted by molar-refractivity contribution is -0.131. The Hall–Kier alpha value is -1.34. The van der Waals surface area contributed by atoms with Gasteiger partial charge in [-0.05, 0) is 67.5 Å². The molecule has 2 N–H and O–H groups in total. The minimum Gasteiger partial charge on any atom is -0.508 e. The summed E-state index contributed by atoms with van der Waals surface area (Å²) in [5.74, 6) is 1.01. The van der Waals surface area contributed by atoms with Gasteiger partial charge < -0.3 is 10.4 Å². The van der Waals surface area contributed by atoms with Crippen LogP contribution < -0.4 is 5.32 Å². The van der Waals surface area contributed by atoms with Crippen molar-refractivity contribution in [1.82, 2.24) is 10.3 Å². The van der Waals surface area contributed by atoms with Crippen molar-refractivity contribution >= 4 is 40.1 Å². The summed E-state index contributed by atoms with van der Waals surface area (Å²) in [7, 11) is 0. The quantitative estimate of drug-likeness (QED) is 0.406. The van der Waals surface area contributed by atoms with Crippen LogP contribution in [0.5, 0.6) is 5.75 Å². The van der Waals surface area contributed by atoms with Crippen LogP contribution in [-0.4, -0.2) is 22.0 Å². The zero-order chi connectivity index (χ0) is 20.8. The number of amides is 1. The van der Waals surface area contributed by atoms with Gasteiger partial charge in [0.2, 0.25) is 5.91 Å². The average molecular weight is 525 g/mol. The number of pyridine rings is 1. The van der Waals surface area contributed by atoms with Crippen LogP contribution in [0.2, 0.25) is 5.02 Å². The van der Waals surface area contributed by atoms with E-state index in [0.29, 0.717) is 10.8 Å². The Balaban J connectivity index is 1.88. The van der Waals surface area contributed by atoms with Gasteiger partial charge in [0, 0.05) is 34.2 Å². The number of benzene rings is 1. The minimum absolute atomic E-state index is 0.0906. The predicted octanol–water partition coefficient (Wildman–Crippen LogP) is 5.57. The molecule has 1 aromatic carbocycles. The fourth-order valence-electron chi connectivity index (χ4n) is 5.81. The molecule has 0 spiro atoms. The van der Waals surface area contributed by atoms with Crippen molar-refractivity contribution < 1.29 is 9.90 Å². The highest BCUT2D eigenvalue weighted by Crippen LogP contribution is 2.60. The first-order chi connectivity index (χ1) is 13.9. The van der Waals surface area contributed by atoms with Crippen LogP contribution in [0.15, 0.2) is 36.5 Å². The number of carbonyl (C=O) groups is 1. The maximum absolute atomic E-state index is 13.0. The van der Waals surface area contributed by atoms with Gasteiger partial charge in [-0.1, -0.05) is 47.2 Å². The van der Waals surface area contributed by atoms with E-state index in [4.69, 9.17) is 16.6 Å². The lowest BCUT2D eigenvalue weighted by Crippen LogP contribution is -2.44. The molecular weight excluding hydrogens is 499 g/mol. The molecule has 0 bridgehead atoms. The summed E-state index contributed by atoms with van der Waals surface area (Å²) < 4.78 is 0.828. The highest BCUT2D eigenvalue weighted by Gasteiger charge is 2.59. The third kappa shape index (κ3) is 3.44. The third-order valence-electron chi connectivity index (χ3n) is 7.10. The number of nitrogens with one attached hydrogen (secondary N) is 1. The highest BCUT2D eigenvalue weighted by molar-refractivity contribution is 14.1. The van der Waals surface area contributed by atoms with E-state index in [1.165, 1.54) is 5.56 Å². The Kier molecular flexibility index (Phi) is 5.81. The first-order valence-corrected chi connectivity index (χ1v) is 12.1. The molecular formula is C23H26ClIN2O2. The molecule has 1 aromatic heterocycles. The van der Waals surface area contributed by atoms with E-state index in [0.717, 1.165) is 34.9 Å². The zero-order valence-electron chi connectivity index (χ0n) is 16.7. The van der Waals surface area contributed by atoms with Crippen molar-refractivity contribution in [3.63, 3.8) is 0 Å². The van der Waals surface area contributed by atoms with E-state index < -0.39 is 0 Å². The molecule has 0 radical (unpaired) electrons. The van der Waals surface area contributed by atoms with Gasteiger partial charge in [-0.25, -0.2) is 0 Å². The topological polar surface area (TPSA) is 62.2 Å². The van der Waals surface area contributed by atoms with Crippen LogP contribution >= 0.6 is 34.2 Å². The number of rotatable bonds is 4. The van der Waals surface area contributed by atoms with Crippen molar-refractivity contribution in [2.24, 2.45) is 11.3 Å². The van der Waals surface area contributed by atoms with Crippen LogP contribution in [0.3, 0.4) is 0 Å². The summed E-state index contributed by atoms with van der Waals surface area (Å²) in [6, 6.07) is 9.72. The minimum atomic E-state index is -0.344. The first kappa shape index (κ1) is 20.9. The third-order valence-corrected chi connectivity index (χ3v) is 8.15. The Bertz CT molecular complexity index is 920. The highest BCUT2D eigenvalue weighted by atomic mass is 127. The van der Waals surface area contributed by atoms with Crippen molar-refractivity contribution in [2.75, 3.05) is 0 Å². The maximum Gasteiger partial charge on any atom is 0.226 e. The number of aromatic hydroxyl groups is 1. The second-order valence-electron chi connectivity index (χ2n) is 8.39. The number of hydrogen-bond donors (Lipinski definition) is 2. The molecule has 1 saturated carbocycles. The largest absolute Gasteiger partial charge is 0.508 e. The van der Waals surface area contributed by atoms with Crippen molar-refractivity contribution in [1.29, 1.82) is 0 Å². The SMILES string of the molecule is CC[C@@]12CC[C@@H](c3ccc(O)cc3CI)[C@H](c3ccc(Cl)cn3)[C@@H]1[C@@H](C)NC2=O. The van der Waals surface area contributed by atoms with Gasteiger partial charge in [0.1, 0.15) is 5.75 Å². The second-order valence-corrected chi connectivity index (χ2v) is 9.59. The van der Waals surface area contributed by atoms with E-state index >= 15 is 0 Å². The van der Waals surface area contributed by atoms with Crippen molar-refractivity contribution in [2.45, 2.75) is 55.4 Å². The normalized spacial score (nSPS) is 31.4. The Morgan fingerprint density at radius 3 is 2.79 bits per heavy atom. The fraction of sp³-hybridized carbons (Fsp3) is 0.478. The summed E-state index contributed by atoms with van der Waals surface area (Å²) >= 11 is 8.48. The predicted molar refractivity (Wildman–Crippen MR) is 124 cm³/mol. The molecule has 5 atom stereocenters. The smallest absolute Gasteiger partial charge is 0.226 e. The summed E-state index contributed by atoms with van der Waals surface area (Å²) in [6.45, 7) is 4.26. The van der Waals surface area contributed by atoms with Gasteiger partial charge in [0.15, 0.2) is 0 Å². The molecule has 4 rings (SSSR count). The molecule has 1 amide bonds. The molecule has 6 heteroatoms. The van der Waals surface area contributed by atoms with Crippen LogP contribution in [-0.2, 0) is 9.22 Å². The fourth-order valence-corrected chi connectivity index (χ4v) is 6.59. The van der Waals surface area contributed by atoms with E-state index in [9.17, 15) is 9.90 Å². The summed E-state index contributed by atoms with van der Waals surface area (Å²) in [4.78, 5) is 17.7. The molecule has 1 saturated heterocycles. The number of halogens is 2. The van der Waals surface area contributed by atoms with Gasteiger partial charge in [-0.2, -0.15) is 0 Å². The second kappa shape index (κ2) is 8.06.